The Morgan fingerprint density at radius 3 is 1.33 bits per heavy atom. The number of benzene rings is 2. The van der Waals surface area contributed by atoms with Crippen molar-refractivity contribution in [3.05, 3.63) is 118 Å². The molecular weight excluding hydrogens is 596 g/mol. The molecule has 0 bridgehead atoms. The molecule has 4 nitrogen and oxygen atoms in total. The summed E-state index contributed by atoms with van der Waals surface area (Å²) >= 11 is 0. The minimum atomic E-state index is -1.01. The van der Waals surface area contributed by atoms with Gasteiger partial charge in [-0.15, -0.1) is 36.4 Å². The number of rotatable bonds is 2. The van der Waals surface area contributed by atoms with Crippen LogP contribution in [0.1, 0.15) is 61.8 Å². The molecule has 2 aliphatic rings. The molecule has 2 aliphatic carbocycles. The average Bonchev–Trinajstić information content (AvgIpc) is 3.62. The third-order valence-corrected chi connectivity index (χ3v) is 6.46. The topological polar surface area (TPSA) is 52.6 Å². The van der Waals surface area contributed by atoms with Crippen LogP contribution in [0.25, 0.3) is 0 Å². The fourth-order valence-electron chi connectivity index (χ4n) is 4.55. The van der Waals surface area contributed by atoms with Crippen LogP contribution in [0.5, 0.6) is 11.5 Å². The van der Waals surface area contributed by atoms with E-state index in [1.165, 1.54) is 51.4 Å². The van der Waals surface area contributed by atoms with E-state index in [0.717, 1.165) is 38.1 Å². The fraction of sp³-hybridized carbons (Fsp3) is 0.294. The first-order chi connectivity index (χ1) is 20.1. The van der Waals surface area contributed by atoms with Crippen LogP contribution in [0.15, 0.2) is 60.7 Å². The van der Waals surface area contributed by atoms with Crippen LogP contribution in [0.4, 0.5) is 17.6 Å². The molecule has 0 saturated heterocycles. The Kier molecular flexibility index (Phi) is 15.1. The van der Waals surface area contributed by atoms with Crippen molar-refractivity contribution in [2.45, 2.75) is 65.2 Å². The van der Waals surface area contributed by atoms with Crippen molar-refractivity contribution in [1.82, 2.24) is 0 Å². The van der Waals surface area contributed by atoms with Gasteiger partial charge in [-0.05, 0) is 0 Å². The van der Waals surface area contributed by atoms with E-state index < -0.39 is 35.2 Å². The van der Waals surface area contributed by atoms with Crippen LogP contribution in [0.3, 0.4) is 0 Å². The number of fused-ring (bicyclic) bond motifs is 2. The van der Waals surface area contributed by atoms with Gasteiger partial charge in [0, 0.05) is 25.5 Å². The van der Waals surface area contributed by atoms with Crippen molar-refractivity contribution in [1.29, 1.82) is 0 Å². The van der Waals surface area contributed by atoms with E-state index in [0.29, 0.717) is 0 Å². The Morgan fingerprint density at radius 2 is 1.00 bits per heavy atom. The van der Waals surface area contributed by atoms with Gasteiger partial charge in [-0.2, -0.15) is 46.5 Å². The number of halogens is 4. The Morgan fingerprint density at radius 1 is 0.628 bits per heavy atom. The second kappa shape index (κ2) is 18.2. The Bertz CT molecular complexity index is 1310. The quantitative estimate of drug-likeness (QED) is 0.0744. The zero-order chi connectivity index (χ0) is 30.5. The van der Waals surface area contributed by atoms with Crippen molar-refractivity contribution < 1.29 is 58.3 Å². The first-order valence-electron chi connectivity index (χ1n) is 13.7. The molecule has 0 spiro atoms. The maximum absolute atomic E-state index is 12.6. The van der Waals surface area contributed by atoms with Crippen LogP contribution in [0, 0.1) is 35.4 Å². The molecule has 0 aliphatic heterocycles. The molecule has 0 fully saturated rings. The van der Waals surface area contributed by atoms with Gasteiger partial charge in [0.1, 0.15) is 0 Å². The van der Waals surface area contributed by atoms with Crippen molar-refractivity contribution >= 4 is 11.9 Å². The van der Waals surface area contributed by atoms with Gasteiger partial charge >= 0.3 is 21.7 Å². The second-order valence-corrected chi connectivity index (χ2v) is 9.72. The SMILES string of the molecule is CC(=O)Oc1ccc(F)[c-]c1F.CC(=O)Oc1ccc(F)[c-]c1F.[Ti+4].c1cc2c([cH-]1)CCCC2.c1cc2c([cH-]1)CCCC2. The maximum atomic E-state index is 12.6. The maximum Gasteiger partial charge on any atom is 4.00 e. The monoisotopic (exact) mass is 628 g/mol. The van der Waals surface area contributed by atoms with E-state index >= 15 is 0 Å². The number of aryl methyl sites for hydroxylation is 4. The molecule has 4 aromatic carbocycles. The Hall–Kier alpha value is -3.49. The fourth-order valence-corrected chi connectivity index (χ4v) is 4.55. The van der Waals surface area contributed by atoms with Crippen molar-refractivity contribution in [3.63, 3.8) is 0 Å². The van der Waals surface area contributed by atoms with Gasteiger partial charge in [0.25, 0.3) is 11.9 Å². The van der Waals surface area contributed by atoms with Gasteiger partial charge in [0.15, 0.2) is 0 Å². The summed E-state index contributed by atoms with van der Waals surface area (Å²) < 4.78 is 58.6. The van der Waals surface area contributed by atoms with Crippen LogP contribution in [-0.2, 0) is 57.0 Å². The van der Waals surface area contributed by atoms with Crippen molar-refractivity contribution in [2.24, 2.45) is 0 Å². The normalized spacial score (nSPS) is 12.6. The van der Waals surface area contributed by atoms with Gasteiger partial charge in [-0.1, -0.05) is 51.4 Å². The van der Waals surface area contributed by atoms with E-state index in [2.05, 4.69) is 45.9 Å². The summed E-state index contributed by atoms with van der Waals surface area (Å²) in [5.41, 5.74) is 6.39. The van der Waals surface area contributed by atoms with Gasteiger partial charge in [-0.3, -0.25) is 9.59 Å². The smallest absolute Gasteiger partial charge is 0.488 e. The molecule has 6 rings (SSSR count). The summed E-state index contributed by atoms with van der Waals surface area (Å²) in [6.07, 6.45) is 10.9. The van der Waals surface area contributed by atoms with E-state index in [9.17, 15) is 27.2 Å². The summed E-state index contributed by atoms with van der Waals surface area (Å²) in [5.74, 6) is -5.63. The molecule has 0 amide bonds. The largest absolute Gasteiger partial charge is 4.00 e. The molecule has 0 saturated carbocycles. The predicted molar refractivity (Wildman–Crippen MR) is 150 cm³/mol. The molecule has 4 aromatic rings. The summed E-state index contributed by atoms with van der Waals surface area (Å²) in [6, 6.07) is 20.8. The summed E-state index contributed by atoms with van der Waals surface area (Å²) in [4.78, 5) is 20.7. The molecule has 0 unspecified atom stereocenters. The van der Waals surface area contributed by atoms with Crippen LogP contribution in [0.2, 0.25) is 0 Å². The summed E-state index contributed by atoms with van der Waals surface area (Å²) in [7, 11) is 0. The molecule has 43 heavy (non-hydrogen) atoms. The molecule has 0 N–H and O–H groups in total. The number of carbonyl (C=O) groups excluding carboxylic acids is 2. The average molecular weight is 628 g/mol. The zero-order valence-electron chi connectivity index (χ0n) is 24.1. The van der Waals surface area contributed by atoms with Crippen LogP contribution < -0.4 is 9.47 Å². The predicted octanol–water partition coefficient (Wildman–Crippen LogP) is 7.95. The van der Waals surface area contributed by atoms with Gasteiger partial charge in [0.05, 0.1) is 23.1 Å². The first kappa shape index (κ1) is 35.7. The minimum Gasteiger partial charge on any atom is -0.488 e. The Labute approximate surface area is 264 Å². The molecule has 0 atom stereocenters. The van der Waals surface area contributed by atoms with E-state index in [1.807, 2.05) is 0 Å². The number of carbonyl (C=O) groups is 2. The minimum absolute atomic E-state index is 0. The summed E-state index contributed by atoms with van der Waals surface area (Å²) in [5, 5.41) is 0. The first-order valence-corrected chi connectivity index (χ1v) is 13.7. The molecule has 224 valence electrons. The number of hydrogen-bond donors (Lipinski definition) is 0. The molecular formula is C34H32F4O4Ti. The van der Waals surface area contributed by atoms with Gasteiger partial charge < -0.3 is 9.47 Å². The van der Waals surface area contributed by atoms with E-state index in [-0.39, 0.29) is 33.2 Å². The van der Waals surface area contributed by atoms with Gasteiger partial charge in [0.2, 0.25) is 0 Å². The van der Waals surface area contributed by atoms with Crippen LogP contribution in [-0.4, -0.2) is 11.9 Å². The third kappa shape index (κ3) is 12.3. The van der Waals surface area contributed by atoms with Gasteiger partial charge in [-0.25, -0.2) is 29.7 Å². The molecule has 0 radical (unpaired) electrons. The number of esters is 2. The second-order valence-electron chi connectivity index (χ2n) is 9.72. The molecule has 0 heterocycles. The zero-order valence-corrected chi connectivity index (χ0v) is 25.6. The molecule has 9 heteroatoms. The van der Waals surface area contributed by atoms with Crippen molar-refractivity contribution in [3.8, 4) is 11.5 Å². The number of hydrogen-bond acceptors (Lipinski definition) is 4. The summed E-state index contributed by atoms with van der Waals surface area (Å²) in [6.45, 7) is 2.26. The van der Waals surface area contributed by atoms with Crippen molar-refractivity contribution in [2.75, 3.05) is 0 Å². The van der Waals surface area contributed by atoms with E-state index in [1.54, 1.807) is 34.4 Å². The standard InChI is InChI=1S/2C9H11.2C8H5F2O2.Ti/c2*1-2-5-9-7-3-6-8(9)4-1;2*1-5(11)12-8-3-2-6(9)4-7(8)10;/h2*3,6-7H,1-2,4-5H2;2*2-3H,1H3;/q4*-1;+4. The number of ether oxygens (including phenoxy) is 2. The van der Waals surface area contributed by atoms with E-state index in [4.69, 9.17) is 0 Å². The van der Waals surface area contributed by atoms with Crippen LogP contribution >= 0.6 is 0 Å². The Balaban J connectivity index is 0.000000200. The molecule has 0 aromatic heterocycles. The third-order valence-electron chi connectivity index (χ3n) is 6.46.